The molecule has 0 spiro atoms. The van der Waals surface area contributed by atoms with Crippen molar-refractivity contribution >= 4 is 6.29 Å². The van der Waals surface area contributed by atoms with Crippen LogP contribution in [-0.2, 0) is 4.79 Å². The highest BCUT2D eigenvalue weighted by Gasteiger charge is 1.95. The van der Waals surface area contributed by atoms with E-state index in [0.717, 1.165) is 25.5 Å². The molecule has 0 aliphatic heterocycles. The molecule has 0 heterocycles. The maximum absolute atomic E-state index is 10.0. The van der Waals surface area contributed by atoms with Gasteiger partial charge in [0.15, 0.2) is 0 Å². The predicted molar refractivity (Wildman–Crippen MR) is 56.4 cm³/mol. The molecule has 0 bridgehead atoms. The summed E-state index contributed by atoms with van der Waals surface area (Å²) in [6.45, 7) is 4.30. The van der Waals surface area contributed by atoms with E-state index in [4.69, 9.17) is 0 Å². The van der Waals surface area contributed by atoms with Gasteiger partial charge in [0.05, 0.1) is 0 Å². The van der Waals surface area contributed by atoms with Crippen LogP contribution in [0.5, 0.6) is 0 Å². The summed E-state index contributed by atoms with van der Waals surface area (Å²) in [5, 5.41) is 0. The SMILES string of the molecule is CCCCC#CC(C)CCCC=O. The van der Waals surface area contributed by atoms with E-state index < -0.39 is 0 Å². The minimum absolute atomic E-state index is 0.455. The quantitative estimate of drug-likeness (QED) is 0.348. The summed E-state index contributed by atoms with van der Waals surface area (Å²) < 4.78 is 0. The van der Waals surface area contributed by atoms with Gasteiger partial charge >= 0.3 is 0 Å². The molecule has 0 fully saturated rings. The summed E-state index contributed by atoms with van der Waals surface area (Å²) in [6.07, 6.45) is 7.14. The highest BCUT2D eigenvalue weighted by Crippen LogP contribution is 2.05. The molecule has 74 valence electrons. The standard InChI is InChI=1S/C12H20O/c1-3-4-5-6-9-12(2)10-7-8-11-13/h11-12H,3-5,7-8,10H2,1-2H3. The molecule has 0 aromatic heterocycles. The van der Waals surface area contributed by atoms with Gasteiger partial charge in [0.2, 0.25) is 0 Å². The zero-order valence-corrected chi connectivity index (χ0v) is 8.81. The summed E-state index contributed by atoms with van der Waals surface area (Å²) >= 11 is 0. The van der Waals surface area contributed by atoms with E-state index in [1.807, 2.05) is 0 Å². The van der Waals surface area contributed by atoms with Crippen LogP contribution in [0.25, 0.3) is 0 Å². The van der Waals surface area contributed by atoms with Gasteiger partial charge in [0.25, 0.3) is 0 Å². The first-order valence-electron chi connectivity index (χ1n) is 5.23. The van der Waals surface area contributed by atoms with Gasteiger partial charge < -0.3 is 4.79 Å². The molecule has 0 N–H and O–H groups in total. The maximum Gasteiger partial charge on any atom is 0.119 e. The zero-order chi connectivity index (χ0) is 9.94. The van der Waals surface area contributed by atoms with Crippen LogP contribution >= 0.6 is 0 Å². The van der Waals surface area contributed by atoms with E-state index in [-0.39, 0.29) is 0 Å². The van der Waals surface area contributed by atoms with Crippen LogP contribution in [0.15, 0.2) is 0 Å². The van der Waals surface area contributed by atoms with Crippen molar-refractivity contribution in [1.29, 1.82) is 0 Å². The summed E-state index contributed by atoms with van der Waals surface area (Å²) in [6, 6.07) is 0. The van der Waals surface area contributed by atoms with Gasteiger partial charge in [-0.05, 0) is 19.3 Å². The van der Waals surface area contributed by atoms with Crippen molar-refractivity contribution < 1.29 is 4.79 Å². The molecule has 0 aromatic rings. The smallest absolute Gasteiger partial charge is 0.119 e. The van der Waals surface area contributed by atoms with Crippen molar-refractivity contribution in [2.45, 2.75) is 52.4 Å². The van der Waals surface area contributed by atoms with Crippen molar-refractivity contribution in [2.75, 3.05) is 0 Å². The Morgan fingerprint density at radius 3 is 2.77 bits per heavy atom. The molecular weight excluding hydrogens is 160 g/mol. The van der Waals surface area contributed by atoms with Crippen LogP contribution in [-0.4, -0.2) is 6.29 Å². The number of carbonyl (C=O) groups is 1. The van der Waals surface area contributed by atoms with E-state index in [0.29, 0.717) is 12.3 Å². The van der Waals surface area contributed by atoms with Crippen LogP contribution in [0.1, 0.15) is 52.4 Å². The fraction of sp³-hybridized carbons (Fsp3) is 0.750. The van der Waals surface area contributed by atoms with Crippen LogP contribution in [0.3, 0.4) is 0 Å². The first-order valence-corrected chi connectivity index (χ1v) is 5.23. The van der Waals surface area contributed by atoms with E-state index in [2.05, 4.69) is 25.7 Å². The van der Waals surface area contributed by atoms with Gasteiger partial charge in [0.1, 0.15) is 6.29 Å². The van der Waals surface area contributed by atoms with Crippen LogP contribution in [0.2, 0.25) is 0 Å². The Hall–Kier alpha value is -0.770. The van der Waals surface area contributed by atoms with Crippen molar-refractivity contribution in [2.24, 2.45) is 5.92 Å². The average Bonchev–Trinajstić information content (AvgIpc) is 2.13. The number of aldehydes is 1. The lowest BCUT2D eigenvalue weighted by Gasteiger charge is -1.99. The molecule has 0 saturated carbocycles. The van der Waals surface area contributed by atoms with Crippen LogP contribution in [0.4, 0.5) is 0 Å². The molecule has 1 atom stereocenters. The third-order valence-corrected chi connectivity index (χ3v) is 1.96. The number of hydrogen-bond acceptors (Lipinski definition) is 1. The van der Waals surface area contributed by atoms with Gasteiger partial charge in [-0.25, -0.2) is 0 Å². The van der Waals surface area contributed by atoms with Crippen molar-refractivity contribution in [3.63, 3.8) is 0 Å². The second-order valence-corrected chi connectivity index (χ2v) is 3.42. The number of hydrogen-bond donors (Lipinski definition) is 0. The third kappa shape index (κ3) is 9.14. The van der Waals surface area contributed by atoms with Crippen LogP contribution < -0.4 is 0 Å². The molecule has 13 heavy (non-hydrogen) atoms. The van der Waals surface area contributed by atoms with E-state index >= 15 is 0 Å². The first kappa shape index (κ1) is 12.2. The third-order valence-electron chi connectivity index (χ3n) is 1.96. The van der Waals surface area contributed by atoms with E-state index in [9.17, 15) is 4.79 Å². The number of rotatable bonds is 6. The van der Waals surface area contributed by atoms with Crippen molar-refractivity contribution in [3.05, 3.63) is 0 Å². The van der Waals surface area contributed by atoms with E-state index in [1.54, 1.807) is 0 Å². The van der Waals surface area contributed by atoms with Gasteiger partial charge in [-0.1, -0.05) is 20.3 Å². The normalized spacial score (nSPS) is 11.5. The second kappa shape index (κ2) is 9.32. The molecular formula is C12H20O. The Balaban J connectivity index is 3.40. The van der Waals surface area contributed by atoms with Gasteiger partial charge in [-0.2, -0.15) is 0 Å². The molecule has 1 heteroatoms. The molecule has 1 unspecified atom stereocenters. The monoisotopic (exact) mass is 180 g/mol. The van der Waals surface area contributed by atoms with Crippen molar-refractivity contribution in [1.82, 2.24) is 0 Å². The van der Waals surface area contributed by atoms with Gasteiger partial charge in [-0.3, -0.25) is 0 Å². The van der Waals surface area contributed by atoms with Gasteiger partial charge in [0, 0.05) is 18.8 Å². The molecule has 0 saturated heterocycles. The molecule has 0 amide bonds. The Morgan fingerprint density at radius 1 is 1.38 bits per heavy atom. The predicted octanol–water partition coefficient (Wildman–Crippen LogP) is 3.19. The molecule has 0 radical (unpaired) electrons. The fourth-order valence-electron chi connectivity index (χ4n) is 1.09. The van der Waals surface area contributed by atoms with Crippen LogP contribution in [0, 0.1) is 17.8 Å². The largest absolute Gasteiger partial charge is 0.303 e. The second-order valence-electron chi connectivity index (χ2n) is 3.42. The summed E-state index contributed by atoms with van der Waals surface area (Å²) in [5.74, 6) is 6.84. The first-order chi connectivity index (χ1) is 6.31. The number of unbranched alkanes of at least 4 members (excludes halogenated alkanes) is 3. The minimum atomic E-state index is 0.455. The Labute approximate surface area is 81.9 Å². The topological polar surface area (TPSA) is 17.1 Å². The lowest BCUT2D eigenvalue weighted by Crippen LogP contribution is -1.90. The number of carbonyl (C=O) groups excluding carboxylic acids is 1. The lowest BCUT2D eigenvalue weighted by atomic mass is 10.0. The Bertz CT molecular complexity index is 173. The summed E-state index contributed by atoms with van der Waals surface area (Å²) in [7, 11) is 0. The summed E-state index contributed by atoms with van der Waals surface area (Å²) in [5.41, 5.74) is 0. The maximum atomic E-state index is 10.0. The molecule has 0 aromatic carbocycles. The Kier molecular flexibility index (Phi) is 8.77. The van der Waals surface area contributed by atoms with Crippen molar-refractivity contribution in [3.8, 4) is 11.8 Å². The van der Waals surface area contributed by atoms with E-state index in [1.165, 1.54) is 12.8 Å². The zero-order valence-electron chi connectivity index (χ0n) is 8.81. The lowest BCUT2D eigenvalue weighted by molar-refractivity contribution is -0.107. The molecule has 0 aliphatic carbocycles. The Morgan fingerprint density at radius 2 is 2.15 bits per heavy atom. The van der Waals surface area contributed by atoms with Gasteiger partial charge in [-0.15, -0.1) is 11.8 Å². The molecule has 0 rings (SSSR count). The average molecular weight is 180 g/mol. The molecule has 0 aliphatic rings. The minimum Gasteiger partial charge on any atom is -0.303 e. The highest BCUT2D eigenvalue weighted by atomic mass is 16.1. The summed E-state index contributed by atoms with van der Waals surface area (Å²) in [4.78, 5) is 10.0. The fourth-order valence-corrected chi connectivity index (χ4v) is 1.09. The molecule has 1 nitrogen and oxygen atoms in total. The highest BCUT2D eigenvalue weighted by molar-refractivity contribution is 5.48.